The maximum absolute atomic E-state index is 11.2. The van der Waals surface area contributed by atoms with E-state index in [2.05, 4.69) is 5.32 Å². The molecule has 1 saturated heterocycles. The third kappa shape index (κ3) is 2.99. The first-order chi connectivity index (χ1) is 6.61. The third-order valence-corrected chi connectivity index (χ3v) is 2.35. The Balaban J connectivity index is 2.23. The van der Waals surface area contributed by atoms with Crippen molar-refractivity contribution in [1.29, 1.82) is 0 Å². The van der Waals surface area contributed by atoms with E-state index in [0.717, 1.165) is 13.0 Å². The highest BCUT2D eigenvalue weighted by Crippen LogP contribution is 2.10. The van der Waals surface area contributed by atoms with E-state index in [1.165, 1.54) is 6.92 Å². The molecule has 1 aliphatic rings. The molecule has 1 fully saturated rings. The third-order valence-electron chi connectivity index (χ3n) is 2.35. The van der Waals surface area contributed by atoms with Gasteiger partial charge in [-0.25, -0.2) is 0 Å². The zero-order valence-electron chi connectivity index (χ0n) is 8.16. The van der Waals surface area contributed by atoms with E-state index in [1.54, 1.807) is 0 Å². The van der Waals surface area contributed by atoms with Gasteiger partial charge < -0.3 is 15.2 Å². The Kier molecular flexibility index (Phi) is 3.88. The summed E-state index contributed by atoms with van der Waals surface area (Å²) in [5, 5.41) is 11.2. The second kappa shape index (κ2) is 4.95. The molecule has 0 bridgehead atoms. The van der Waals surface area contributed by atoms with Crippen LogP contribution in [0.2, 0.25) is 0 Å². The number of amides is 1. The van der Waals surface area contributed by atoms with Crippen LogP contribution in [0.5, 0.6) is 0 Å². The topological polar surface area (TPSA) is 75.6 Å². The van der Waals surface area contributed by atoms with Crippen molar-refractivity contribution < 1.29 is 19.4 Å². The minimum absolute atomic E-state index is 0.333. The fraction of sp³-hybridized carbons (Fsp3) is 0.778. The highest BCUT2D eigenvalue weighted by molar-refractivity contribution is 5.96. The number of carboxylic acid groups (broad SMARTS) is 1. The Labute approximate surface area is 82.4 Å². The van der Waals surface area contributed by atoms with Crippen LogP contribution in [0.25, 0.3) is 0 Å². The standard InChI is InChI=1S/C9H15NO4/c1-6(9(12)13)8(11)10-4-7-2-3-14-5-7/h6-7H,2-5H2,1H3,(H,10,11)(H,12,13). The number of nitrogens with one attached hydrogen (secondary N) is 1. The van der Waals surface area contributed by atoms with Crippen LogP contribution in [0, 0.1) is 11.8 Å². The molecule has 5 heteroatoms. The van der Waals surface area contributed by atoms with E-state index in [-0.39, 0.29) is 0 Å². The van der Waals surface area contributed by atoms with Gasteiger partial charge in [0.1, 0.15) is 5.92 Å². The lowest BCUT2D eigenvalue weighted by Gasteiger charge is -2.11. The molecule has 0 aromatic heterocycles. The second-order valence-electron chi connectivity index (χ2n) is 3.53. The van der Waals surface area contributed by atoms with Gasteiger partial charge in [0.2, 0.25) is 5.91 Å². The molecule has 0 saturated carbocycles. The highest BCUT2D eigenvalue weighted by Gasteiger charge is 2.22. The molecular formula is C9H15NO4. The Morgan fingerprint density at radius 2 is 2.36 bits per heavy atom. The van der Waals surface area contributed by atoms with Gasteiger partial charge in [0.15, 0.2) is 0 Å². The van der Waals surface area contributed by atoms with Crippen molar-refractivity contribution in [3.8, 4) is 0 Å². The molecule has 0 spiro atoms. The van der Waals surface area contributed by atoms with Crippen molar-refractivity contribution in [1.82, 2.24) is 5.32 Å². The van der Waals surface area contributed by atoms with Crippen LogP contribution >= 0.6 is 0 Å². The van der Waals surface area contributed by atoms with Gasteiger partial charge >= 0.3 is 5.97 Å². The van der Waals surface area contributed by atoms with Gasteiger partial charge in [-0.2, -0.15) is 0 Å². The molecule has 5 nitrogen and oxygen atoms in total. The summed E-state index contributed by atoms with van der Waals surface area (Å²) in [7, 11) is 0. The van der Waals surface area contributed by atoms with E-state index in [9.17, 15) is 9.59 Å². The normalized spacial score (nSPS) is 23.1. The largest absolute Gasteiger partial charge is 0.481 e. The van der Waals surface area contributed by atoms with Crippen LogP contribution in [0.3, 0.4) is 0 Å². The number of carboxylic acids is 1. The molecular weight excluding hydrogens is 186 g/mol. The molecule has 0 aliphatic carbocycles. The van der Waals surface area contributed by atoms with Crippen LogP contribution in [0.1, 0.15) is 13.3 Å². The fourth-order valence-electron chi connectivity index (χ4n) is 1.25. The van der Waals surface area contributed by atoms with Crippen molar-refractivity contribution in [3.63, 3.8) is 0 Å². The molecule has 0 radical (unpaired) electrons. The molecule has 2 unspecified atom stereocenters. The Bertz CT molecular complexity index is 223. The van der Waals surface area contributed by atoms with Gasteiger partial charge in [0.25, 0.3) is 0 Å². The molecule has 0 aromatic rings. The van der Waals surface area contributed by atoms with Gasteiger partial charge in [-0.05, 0) is 13.3 Å². The molecule has 2 atom stereocenters. The first kappa shape index (κ1) is 11.0. The average molecular weight is 201 g/mol. The molecule has 2 N–H and O–H groups in total. The van der Waals surface area contributed by atoms with Crippen LogP contribution in [0.15, 0.2) is 0 Å². The minimum Gasteiger partial charge on any atom is -0.481 e. The lowest BCUT2D eigenvalue weighted by molar-refractivity contribution is -0.146. The molecule has 1 heterocycles. The van der Waals surface area contributed by atoms with Gasteiger partial charge in [0.05, 0.1) is 6.61 Å². The first-order valence-corrected chi connectivity index (χ1v) is 4.69. The quantitative estimate of drug-likeness (QED) is 0.621. The fourth-order valence-corrected chi connectivity index (χ4v) is 1.25. The number of ether oxygens (including phenoxy) is 1. The van der Waals surface area contributed by atoms with E-state index in [0.29, 0.717) is 19.1 Å². The van der Waals surface area contributed by atoms with Crippen molar-refractivity contribution in [2.24, 2.45) is 11.8 Å². The first-order valence-electron chi connectivity index (χ1n) is 4.69. The number of hydrogen-bond donors (Lipinski definition) is 2. The summed E-state index contributed by atoms with van der Waals surface area (Å²) < 4.78 is 5.13. The van der Waals surface area contributed by atoms with Crippen molar-refractivity contribution in [2.75, 3.05) is 19.8 Å². The van der Waals surface area contributed by atoms with Crippen molar-refractivity contribution in [3.05, 3.63) is 0 Å². The summed E-state index contributed by atoms with van der Waals surface area (Å²) in [6, 6.07) is 0. The van der Waals surface area contributed by atoms with Crippen LogP contribution < -0.4 is 5.32 Å². The van der Waals surface area contributed by atoms with Gasteiger partial charge in [0, 0.05) is 19.1 Å². The van der Waals surface area contributed by atoms with E-state index < -0.39 is 17.8 Å². The lowest BCUT2D eigenvalue weighted by Crippen LogP contribution is -2.36. The molecule has 1 rings (SSSR count). The highest BCUT2D eigenvalue weighted by atomic mass is 16.5. The number of carbonyl (C=O) groups excluding carboxylic acids is 1. The van der Waals surface area contributed by atoms with Gasteiger partial charge in [-0.1, -0.05) is 0 Å². The Hall–Kier alpha value is -1.10. The summed E-state index contributed by atoms with van der Waals surface area (Å²) in [5.74, 6) is -2.16. The average Bonchev–Trinajstić information content (AvgIpc) is 2.65. The summed E-state index contributed by atoms with van der Waals surface area (Å²) in [4.78, 5) is 21.7. The van der Waals surface area contributed by atoms with Crippen LogP contribution in [-0.2, 0) is 14.3 Å². The van der Waals surface area contributed by atoms with Gasteiger partial charge in [-0.3, -0.25) is 9.59 Å². The minimum atomic E-state index is -1.09. The van der Waals surface area contributed by atoms with E-state index >= 15 is 0 Å². The molecule has 1 amide bonds. The Morgan fingerprint density at radius 1 is 1.64 bits per heavy atom. The monoisotopic (exact) mass is 201 g/mol. The SMILES string of the molecule is CC(C(=O)O)C(=O)NCC1CCOC1. The number of carbonyl (C=O) groups is 2. The summed E-state index contributed by atoms with van der Waals surface area (Å²) in [5.41, 5.74) is 0. The van der Waals surface area contributed by atoms with Crippen molar-refractivity contribution >= 4 is 11.9 Å². The van der Waals surface area contributed by atoms with E-state index in [1.807, 2.05) is 0 Å². The molecule has 80 valence electrons. The van der Waals surface area contributed by atoms with Crippen molar-refractivity contribution in [2.45, 2.75) is 13.3 Å². The zero-order chi connectivity index (χ0) is 10.6. The number of hydrogen-bond acceptors (Lipinski definition) is 3. The second-order valence-corrected chi connectivity index (χ2v) is 3.53. The summed E-state index contributed by atoms with van der Waals surface area (Å²) >= 11 is 0. The van der Waals surface area contributed by atoms with Crippen LogP contribution in [-0.4, -0.2) is 36.7 Å². The van der Waals surface area contributed by atoms with Gasteiger partial charge in [-0.15, -0.1) is 0 Å². The lowest BCUT2D eigenvalue weighted by atomic mass is 10.1. The maximum atomic E-state index is 11.2. The maximum Gasteiger partial charge on any atom is 0.315 e. The predicted octanol–water partition coefficient (Wildman–Crippen LogP) is -0.140. The molecule has 0 aromatic carbocycles. The van der Waals surface area contributed by atoms with Crippen LogP contribution in [0.4, 0.5) is 0 Å². The van der Waals surface area contributed by atoms with E-state index in [4.69, 9.17) is 9.84 Å². The smallest absolute Gasteiger partial charge is 0.315 e. The zero-order valence-corrected chi connectivity index (χ0v) is 8.16. The molecule has 1 aliphatic heterocycles. The Morgan fingerprint density at radius 3 is 2.86 bits per heavy atom. The molecule has 14 heavy (non-hydrogen) atoms. The predicted molar refractivity (Wildman–Crippen MR) is 48.7 cm³/mol. The summed E-state index contributed by atoms with van der Waals surface area (Å²) in [6.07, 6.45) is 0.932. The summed E-state index contributed by atoms with van der Waals surface area (Å²) in [6.45, 7) is 3.27. The number of rotatable bonds is 4. The number of aliphatic carboxylic acids is 1.